The van der Waals surface area contributed by atoms with Crippen LogP contribution in [0.4, 0.5) is 0 Å². The van der Waals surface area contributed by atoms with Gasteiger partial charge in [0.25, 0.3) is 0 Å². The van der Waals surface area contributed by atoms with Gasteiger partial charge in [0, 0.05) is 18.6 Å². The molecule has 0 radical (unpaired) electrons. The summed E-state index contributed by atoms with van der Waals surface area (Å²) in [5.41, 5.74) is 9.27. The smallest absolute Gasteiger partial charge is 0.0332 e. The minimum absolute atomic E-state index is 0.201. The predicted molar refractivity (Wildman–Crippen MR) is 91.3 cm³/mol. The quantitative estimate of drug-likeness (QED) is 0.826. The molecule has 1 aromatic rings. The van der Waals surface area contributed by atoms with E-state index in [-0.39, 0.29) is 5.54 Å². The lowest BCUT2D eigenvalue weighted by Gasteiger charge is -2.41. The Morgan fingerprint density at radius 3 is 2.67 bits per heavy atom. The van der Waals surface area contributed by atoms with Gasteiger partial charge in [-0.25, -0.2) is 0 Å². The Morgan fingerprint density at radius 2 is 2.00 bits per heavy atom. The first-order valence-corrected chi connectivity index (χ1v) is 8.57. The summed E-state index contributed by atoms with van der Waals surface area (Å²) in [5, 5.41) is 0. The summed E-state index contributed by atoms with van der Waals surface area (Å²) in [7, 11) is 2.27. The molecule has 1 saturated carbocycles. The Hall–Kier alpha value is -0.860. The molecule has 1 aliphatic carbocycles. The molecule has 2 unspecified atom stereocenters. The van der Waals surface area contributed by atoms with Crippen molar-refractivity contribution in [2.24, 2.45) is 11.7 Å². The summed E-state index contributed by atoms with van der Waals surface area (Å²) in [6.45, 7) is 6.34. The molecule has 1 aromatic carbocycles. The zero-order chi connectivity index (χ0) is 15.3. The van der Waals surface area contributed by atoms with Crippen molar-refractivity contribution in [3.63, 3.8) is 0 Å². The first-order valence-electron chi connectivity index (χ1n) is 8.57. The standard InChI is InChI=1S/C19H32N2/c1-4-17-9-7-12-19(15-20,13-11-17)21(3)14-18-10-6-5-8-16(18)2/h5-6,8,10,17H,4,7,9,11-15,20H2,1-3H3. The van der Waals surface area contributed by atoms with Crippen LogP contribution in [0.25, 0.3) is 0 Å². The zero-order valence-electron chi connectivity index (χ0n) is 14.1. The average molecular weight is 288 g/mol. The number of aryl methyl sites for hydroxylation is 1. The van der Waals surface area contributed by atoms with Crippen molar-refractivity contribution in [2.75, 3.05) is 13.6 Å². The second-order valence-corrected chi connectivity index (χ2v) is 6.92. The SMILES string of the molecule is CCC1CCCC(CN)(N(C)Cc2ccccc2C)CC1. The first-order chi connectivity index (χ1) is 10.1. The lowest BCUT2D eigenvalue weighted by Crippen LogP contribution is -2.51. The van der Waals surface area contributed by atoms with E-state index in [9.17, 15) is 0 Å². The van der Waals surface area contributed by atoms with Gasteiger partial charge in [0.1, 0.15) is 0 Å². The third-order valence-corrected chi connectivity index (χ3v) is 5.71. The van der Waals surface area contributed by atoms with Crippen molar-refractivity contribution in [3.8, 4) is 0 Å². The summed E-state index contributed by atoms with van der Waals surface area (Å²) in [4.78, 5) is 2.54. The van der Waals surface area contributed by atoms with Crippen LogP contribution in [-0.4, -0.2) is 24.0 Å². The maximum Gasteiger partial charge on any atom is 0.0332 e. The Morgan fingerprint density at radius 1 is 1.24 bits per heavy atom. The number of hydrogen-bond donors (Lipinski definition) is 1. The maximum absolute atomic E-state index is 6.25. The molecular formula is C19H32N2. The molecule has 0 bridgehead atoms. The van der Waals surface area contributed by atoms with E-state index >= 15 is 0 Å². The van der Waals surface area contributed by atoms with Crippen LogP contribution in [-0.2, 0) is 6.54 Å². The van der Waals surface area contributed by atoms with Crippen molar-refractivity contribution in [1.29, 1.82) is 0 Å². The normalized spacial score (nSPS) is 26.8. The molecule has 0 heterocycles. The molecule has 2 atom stereocenters. The van der Waals surface area contributed by atoms with E-state index in [0.717, 1.165) is 19.0 Å². The predicted octanol–water partition coefficient (Wildman–Crippen LogP) is 4.11. The van der Waals surface area contributed by atoms with Crippen LogP contribution >= 0.6 is 0 Å². The lowest BCUT2D eigenvalue weighted by atomic mass is 9.87. The number of nitrogens with zero attached hydrogens (tertiary/aromatic N) is 1. The highest BCUT2D eigenvalue weighted by atomic mass is 15.2. The zero-order valence-corrected chi connectivity index (χ0v) is 14.1. The first kappa shape index (κ1) is 16.5. The van der Waals surface area contributed by atoms with Crippen LogP contribution in [0.2, 0.25) is 0 Å². The van der Waals surface area contributed by atoms with Gasteiger partial charge >= 0.3 is 0 Å². The number of hydrogen-bond acceptors (Lipinski definition) is 2. The molecule has 0 saturated heterocycles. The second kappa shape index (κ2) is 7.42. The van der Waals surface area contributed by atoms with Crippen molar-refractivity contribution in [2.45, 2.75) is 64.5 Å². The van der Waals surface area contributed by atoms with Crippen LogP contribution in [0.3, 0.4) is 0 Å². The molecule has 1 fully saturated rings. The minimum Gasteiger partial charge on any atom is -0.329 e. The maximum atomic E-state index is 6.25. The molecule has 21 heavy (non-hydrogen) atoms. The molecule has 118 valence electrons. The van der Waals surface area contributed by atoms with Crippen molar-refractivity contribution < 1.29 is 0 Å². The Bertz CT molecular complexity index is 443. The fourth-order valence-electron chi connectivity index (χ4n) is 3.82. The van der Waals surface area contributed by atoms with Crippen LogP contribution < -0.4 is 5.73 Å². The monoisotopic (exact) mass is 288 g/mol. The van der Waals surface area contributed by atoms with Gasteiger partial charge in [-0.2, -0.15) is 0 Å². The highest BCUT2D eigenvalue weighted by Crippen LogP contribution is 2.35. The molecule has 2 heteroatoms. The topological polar surface area (TPSA) is 29.3 Å². The summed E-state index contributed by atoms with van der Waals surface area (Å²) >= 11 is 0. The van der Waals surface area contributed by atoms with Gasteiger partial charge in [-0.05, 0) is 50.3 Å². The largest absolute Gasteiger partial charge is 0.329 e. The van der Waals surface area contributed by atoms with Crippen molar-refractivity contribution in [1.82, 2.24) is 4.90 Å². The molecule has 1 aliphatic rings. The Balaban J connectivity index is 2.10. The molecule has 2 N–H and O–H groups in total. The highest BCUT2D eigenvalue weighted by molar-refractivity contribution is 5.25. The van der Waals surface area contributed by atoms with Crippen LogP contribution in [0.15, 0.2) is 24.3 Å². The fraction of sp³-hybridized carbons (Fsp3) is 0.684. The van der Waals surface area contributed by atoms with E-state index in [1.165, 1.54) is 49.7 Å². The molecule has 2 nitrogen and oxygen atoms in total. The van der Waals surface area contributed by atoms with Crippen LogP contribution in [0.5, 0.6) is 0 Å². The van der Waals surface area contributed by atoms with E-state index in [1.54, 1.807) is 0 Å². The van der Waals surface area contributed by atoms with Crippen LogP contribution in [0.1, 0.15) is 56.6 Å². The van der Waals surface area contributed by atoms with Gasteiger partial charge in [-0.3, -0.25) is 4.90 Å². The van der Waals surface area contributed by atoms with E-state index in [0.29, 0.717) is 0 Å². The lowest BCUT2D eigenvalue weighted by molar-refractivity contribution is 0.0982. The average Bonchev–Trinajstić information content (AvgIpc) is 2.72. The molecule has 0 aliphatic heterocycles. The summed E-state index contributed by atoms with van der Waals surface area (Å²) < 4.78 is 0. The van der Waals surface area contributed by atoms with Gasteiger partial charge < -0.3 is 5.73 Å². The number of rotatable bonds is 5. The van der Waals surface area contributed by atoms with E-state index < -0.39 is 0 Å². The molecule has 2 rings (SSSR count). The summed E-state index contributed by atoms with van der Waals surface area (Å²) in [5.74, 6) is 0.908. The summed E-state index contributed by atoms with van der Waals surface area (Å²) in [6.07, 6.45) is 7.88. The highest BCUT2D eigenvalue weighted by Gasteiger charge is 2.35. The van der Waals surface area contributed by atoms with Gasteiger partial charge in [-0.1, -0.05) is 50.5 Å². The van der Waals surface area contributed by atoms with Gasteiger partial charge in [-0.15, -0.1) is 0 Å². The Kier molecular flexibility index (Phi) is 5.83. The Labute approximate surface area is 130 Å². The number of benzene rings is 1. The van der Waals surface area contributed by atoms with E-state index in [4.69, 9.17) is 5.73 Å². The third-order valence-electron chi connectivity index (χ3n) is 5.71. The van der Waals surface area contributed by atoms with Gasteiger partial charge in [0.2, 0.25) is 0 Å². The molecule has 0 aromatic heterocycles. The van der Waals surface area contributed by atoms with E-state index in [1.807, 2.05) is 0 Å². The minimum atomic E-state index is 0.201. The second-order valence-electron chi connectivity index (χ2n) is 6.92. The fourth-order valence-corrected chi connectivity index (χ4v) is 3.82. The van der Waals surface area contributed by atoms with Crippen molar-refractivity contribution >= 4 is 0 Å². The van der Waals surface area contributed by atoms with E-state index in [2.05, 4.69) is 50.1 Å². The third kappa shape index (κ3) is 3.87. The number of likely N-dealkylation sites (N-methyl/N-ethyl adjacent to an activating group) is 1. The van der Waals surface area contributed by atoms with Gasteiger partial charge in [0.15, 0.2) is 0 Å². The molecular weight excluding hydrogens is 256 g/mol. The molecule has 0 amide bonds. The molecule has 0 spiro atoms. The van der Waals surface area contributed by atoms with Crippen molar-refractivity contribution in [3.05, 3.63) is 35.4 Å². The van der Waals surface area contributed by atoms with Gasteiger partial charge in [0.05, 0.1) is 0 Å². The van der Waals surface area contributed by atoms with Crippen LogP contribution in [0, 0.1) is 12.8 Å². The number of nitrogens with two attached hydrogens (primary N) is 1. The summed E-state index contributed by atoms with van der Waals surface area (Å²) in [6, 6.07) is 8.72.